The molecular weight excluding hydrogens is 610 g/mol. The average molecular weight is 643 g/mol. The van der Waals surface area contributed by atoms with Gasteiger partial charge in [-0.15, -0.1) is 5.10 Å². The minimum Gasteiger partial charge on any atom is -0.274 e. The zero-order valence-corrected chi connectivity index (χ0v) is 25.7. The van der Waals surface area contributed by atoms with Crippen molar-refractivity contribution in [3.05, 3.63) is 103 Å². The smallest absolute Gasteiger partial charge is 0.274 e. The van der Waals surface area contributed by atoms with Crippen LogP contribution >= 0.6 is 15.9 Å². The number of rotatable bonds is 10. The van der Waals surface area contributed by atoms with Crippen molar-refractivity contribution in [3.63, 3.8) is 0 Å². The highest BCUT2D eigenvalue weighted by molar-refractivity contribution is 9.10. The van der Waals surface area contributed by atoms with Gasteiger partial charge in [-0.05, 0) is 66.4 Å². The molecule has 216 valence electrons. The van der Waals surface area contributed by atoms with E-state index in [0.717, 1.165) is 24.0 Å². The number of hydrogen-bond acceptors (Lipinski definition) is 6. The van der Waals surface area contributed by atoms with Crippen LogP contribution in [-0.4, -0.2) is 33.2 Å². The molecule has 41 heavy (non-hydrogen) atoms. The highest BCUT2D eigenvalue weighted by Crippen LogP contribution is 2.29. The normalized spacial score (nSPS) is 12.0. The molecule has 0 bridgehead atoms. The molecule has 0 saturated carbocycles. The van der Waals surface area contributed by atoms with E-state index in [0.29, 0.717) is 22.3 Å². The van der Waals surface area contributed by atoms with Gasteiger partial charge < -0.3 is 0 Å². The van der Waals surface area contributed by atoms with Gasteiger partial charge in [-0.1, -0.05) is 55.8 Å². The Balaban J connectivity index is 1.70. The lowest BCUT2D eigenvalue weighted by molar-refractivity contribution is -0.384. The Labute approximate surface area is 247 Å². The van der Waals surface area contributed by atoms with Crippen LogP contribution < -0.4 is 10.4 Å². The summed E-state index contributed by atoms with van der Waals surface area (Å²) < 4.78 is 32.2. The van der Waals surface area contributed by atoms with Crippen molar-refractivity contribution >= 4 is 31.6 Å². The molecule has 0 aliphatic carbocycles. The van der Waals surface area contributed by atoms with Crippen LogP contribution in [0.25, 0.3) is 16.8 Å². The average Bonchev–Trinajstić information content (AvgIpc) is 3.21. The second-order valence-corrected chi connectivity index (χ2v) is 13.2. The molecule has 1 aromatic heterocycles. The monoisotopic (exact) mass is 641 g/mol. The summed E-state index contributed by atoms with van der Waals surface area (Å²) in [4.78, 5) is 24.6. The van der Waals surface area contributed by atoms with E-state index in [1.807, 2.05) is 31.2 Å². The van der Waals surface area contributed by atoms with Gasteiger partial charge >= 0.3 is 5.69 Å². The zero-order valence-electron chi connectivity index (χ0n) is 23.3. The van der Waals surface area contributed by atoms with Crippen molar-refractivity contribution in [2.45, 2.75) is 63.9 Å². The summed E-state index contributed by atoms with van der Waals surface area (Å²) in [6.45, 7) is 7.65. The van der Waals surface area contributed by atoms with E-state index in [1.165, 1.54) is 22.9 Å². The van der Waals surface area contributed by atoms with Gasteiger partial charge in [0.05, 0.1) is 22.1 Å². The first-order chi connectivity index (χ1) is 19.3. The van der Waals surface area contributed by atoms with E-state index in [-0.39, 0.29) is 22.8 Å². The number of benzene rings is 3. The maximum absolute atomic E-state index is 13.5. The number of unbranched alkanes of at least 4 members (excludes halogenated alkanes) is 1. The predicted octanol–water partition coefficient (Wildman–Crippen LogP) is 5.84. The molecule has 1 heterocycles. The first kappa shape index (κ1) is 30.4. The molecule has 4 aromatic rings. The molecule has 3 aromatic carbocycles. The van der Waals surface area contributed by atoms with Gasteiger partial charge in [0.25, 0.3) is 5.69 Å². The van der Waals surface area contributed by atoms with E-state index >= 15 is 0 Å². The number of nitro groups is 1. The van der Waals surface area contributed by atoms with Gasteiger partial charge in [-0.3, -0.25) is 14.7 Å². The highest BCUT2D eigenvalue weighted by atomic mass is 79.9. The van der Waals surface area contributed by atoms with Crippen molar-refractivity contribution in [2.24, 2.45) is 0 Å². The molecule has 0 atom stereocenters. The molecule has 10 nitrogen and oxygen atoms in total. The first-order valence-electron chi connectivity index (χ1n) is 13.2. The Morgan fingerprint density at radius 1 is 1.05 bits per heavy atom. The van der Waals surface area contributed by atoms with Crippen LogP contribution in [0.15, 0.2) is 80.9 Å². The fraction of sp³-hybridized carbons (Fsp3) is 0.310. The number of aryl methyl sites for hydroxylation is 1. The largest absolute Gasteiger partial charge is 0.351 e. The topological polar surface area (TPSA) is 129 Å². The van der Waals surface area contributed by atoms with Gasteiger partial charge in [-0.2, -0.15) is 4.68 Å². The number of nitrogens with zero attached hydrogens (tertiary/aromatic N) is 4. The number of nitrogens with one attached hydrogen (secondary N) is 1. The summed E-state index contributed by atoms with van der Waals surface area (Å²) in [5.74, 6) is 0.573. The van der Waals surface area contributed by atoms with E-state index in [4.69, 9.17) is 0 Å². The molecule has 12 heteroatoms. The summed E-state index contributed by atoms with van der Waals surface area (Å²) in [6, 6.07) is 18.4. The SMILES string of the molecule is CCCCc1nn(-c2cc([N+](=O)[O-])ccc2Br)c(=O)n1Cc1ccc(-c2ccccc2S(=O)(=O)NC(C)(C)C)cc1. The van der Waals surface area contributed by atoms with Crippen molar-refractivity contribution in [2.75, 3.05) is 0 Å². The minimum atomic E-state index is -3.76. The van der Waals surface area contributed by atoms with Gasteiger partial charge in [-0.25, -0.2) is 17.9 Å². The van der Waals surface area contributed by atoms with Gasteiger partial charge in [0.1, 0.15) is 5.82 Å². The lowest BCUT2D eigenvalue weighted by Gasteiger charge is -2.21. The van der Waals surface area contributed by atoms with E-state index in [2.05, 4.69) is 25.8 Å². The van der Waals surface area contributed by atoms with Crippen molar-refractivity contribution in [1.29, 1.82) is 0 Å². The fourth-order valence-corrected chi connectivity index (χ4v) is 6.48. The lowest BCUT2D eigenvalue weighted by atomic mass is 10.0. The van der Waals surface area contributed by atoms with E-state index in [1.54, 1.807) is 49.6 Å². The van der Waals surface area contributed by atoms with Gasteiger partial charge in [0, 0.05) is 34.1 Å². The number of hydrogen-bond donors (Lipinski definition) is 1. The molecular formula is C29H32BrN5O5S. The number of non-ortho nitro benzene ring substituents is 1. The van der Waals surface area contributed by atoms with Crippen molar-refractivity contribution < 1.29 is 13.3 Å². The summed E-state index contributed by atoms with van der Waals surface area (Å²) in [5, 5.41) is 15.9. The fourth-order valence-electron chi connectivity index (χ4n) is 4.42. The van der Waals surface area contributed by atoms with Crippen LogP contribution in [0.5, 0.6) is 0 Å². The number of halogens is 1. The standard InChI is InChI=1S/C29H32BrN5O5S/c1-5-6-11-27-31-34(25-18-22(35(37)38)16-17-24(25)30)28(36)33(27)19-20-12-14-21(15-13-20)23-9-7-8-10-26(23)41(39,40)32-29(2,3)4/h7-10,12-18,32H,5-6,11,19H2,1-4H3. The van der Waals surface area contributed by atoms with Crippen molar-refractivity contribution in [1.82, 2.24) is 19.1 Å². The molecule has 0 unspecified atom stereocenters. The quantitative estimate of drug-likeness (QED) is 0.171. The number of aromatic nitrogens is 3. The Bertz CT molecular complexity index is 1740. The Hall–Kier alpha value is -3.61. The van der Waals surface area contributed by atoms with Crippen LogP contribution in [-0.2, 0) is 23.0 Å². The number of sulfonamides is 1. The van der Waals surface area contributed by atoms with Gasteiger partial charge in [0.2, 0.25) is 10.0 Å². The third-order valence-corrected chi connectivity index (χ3v) is 8.77. The zero-order chi connectivity index (χ0) is 29.9. The van der Waals surface area contributed by atoms with Crippen molar-refractivity contribution in [3.8, 4) is 16.8 Å². The maximum atomic E-state index is 13.5. The molecule has 1 N–H and O–H groups in total. The lowest BCUT2D eigenvalue weighted by Crippen LogP contribution is -2.40. The summed E-state index contributed by atoms with van der Waals surface area (Å²) >= 11 is 3.39. The second-order valence-electron chi connectivity index (χ2n) is 10.7. The van der Waals surface area contributed by atoms with Gasteiger partial charge in [0.15, 0.2) is 0 Å². The third-order valence-electron chi connectivity index (χ3n) is 6.28. The Kier molecular flexibility index (Phi) is 8.95. The molecule has 0 radical (unpaired) electrons. The van der Waals surface area contributed by atoms with E-state index in [9.17, 15) is 23.3 Å². The molecule has 0 aliphatic heterocycles. The Morgan fingerprint density at radius 2 is 1.73 bits per heavy atom. The van der Waals surface area contributed by atoms with Crippen LogP contribution in [0.4, 0.5) is 5.69 Å². The molecule has 0 fully saturated rings. The summed E-state index contributed by atoms with van der Waals surface area (Å²) in [6.07, 6.45) is 2.29. The molecule has 0 amide bonds. The second kappa shape index (κ2) is 12.1. The summed E-state index contributed by atoms with van der Waals surface area (Å²) in [5.41, 5.74) is 1.21. The highest BCUT2D eigenvalue weighted by Gasteiger charge is 2.25. The molecule has 0 saturated heterocycles. The third kappa shape index (κ3) is 7.00. The molecule has 0 spiro atoms. The molecule has 0 aliphatic rings. The molecule has 4 rings (SSSR count). The Morgan fingerprint density at radius 3 is 2.37 bits per heavy atom. The van der Waals surface area contributed by atoms with Crippen LogP contribution in [0.2, 0.25) is 0 Å². The maximum Gasteiger partial charge on any atom is 0.351 e. The van der Waals surface area contributed by atoms with Crippen LogP contribution in [0, 0.1) is 10.1 Å². The number of nitro benzene ring substituents is 1. The predicted molar refractivity (Wildman–Crippen MR) is 162 cm³/mol. The summed E-state index contributed by atoms with van der Waals surface area (Å²) in [7, 11) is -3.76. The van der Waals surface area contributed by atoms with Crippen LogP contribution in [0.3, 0.4) is 0 Å². The van der Waals surface area contributed by atoms with Crippen LogP contribution in [0.1, 0.15) is 51.9 Å². The minimum absolute atomic E-state index is 0.143. The van der Waals surface area contributed by atoms with E-state index < -0.39 is 26.2 Å². The first-order valence-corrected chi connectivity index (χ1v) is 15.4.